The fourth-order valence-electron chi connectivity index (χ4n) is 3.57. The first kappa shape index (κ1) is 16.2. The maximum atomic E-state index is 6.81. The van der Waals surface area contributed by atoms with E-state index in [1.54, 1.807) is 0 Å². The zero-order chi connectivity index (χ0) is 13.8. The van der Waals surface area contributed by atoms with E-state index in [1.165, 1.54) is 37.4 Å². The minimum atomic E-state index is -1.42. The van der Waals surface area contributed by atoms with Gasteiger partial charge in [-0.1, -0.05) is 48.0 Å². The molecule has 3 atom stereocenters. The van der Waals surface area contributed by atoms with E-state index in [0.717, 1.165) is 17.8 Å². The lowest BCUT2D eigenvalue weighted by Gasteiger charge is -2.42. The molecule has 108 valence electrons. The Morgan fingerprint density at radius 1 is 1.06 bits per heavy atom. The van der Waals surface area contributed by atoms with Crippen LogP contribution in [0.15, 0.2) is 0 Å². The van der Waals surface area contributed by atoms with Crippen molar-refractivity contribution < 1.29 is 4.43 Å². The molecule has 0 saturated heterocycles. The van der Waals surface area contributed by atoms with E-state index in [9.17, 15) is 0 Å². The topological polar surface area (TPSA) is 9.23 Å². The molecule has 0 aromatic carbocycles. The van der Waals surface area contributed by atoms with Crippen LogP contribution in [0.5, 0.6) is 0 Å². The highest BCUT2D eigenvalue weighted by Gasteiger charge is 2.38. The third-order valence-electron chi connectivity index (χ3n) is 5.30. The molecule has 1 rings (SSSR count). The van der Waals surface area contributed by atoms with Crippen LogP contribution in [0.2, 0.25) is 18.1 Å². The second kappa shape index (κ2) is 7.09. The molecule has 0 aromatic rings. The predicted molar refractivity (Wildman–Crippen MR) is 83.4 cm³/mol. The zero-order valence-electron chi connectivity index (χ0n) is 13.5. The van der Waals surface area contributed by atoms with Gasteiger partial charge in [0.2, 0.25) is 0 Å². The largest absolute Gasteiger partial charge is 0.414 e. The molecule has 0 bridgehead atoms. The Balaban J connectivity index is 2.76. The summed E-state index contributed by atoms with van der Waals surface area (Å²) < 4.78 is 6.81. The molecule has 0 aromatic heterocycles. The summed E-state index contributed by atoms with van der Waals surface area (Å²) in [5, 5.41) is 0. The van der Waals surface area contributed by atoms with Crippen molar-refractivity contribution in [3.05, 3.63) is 0 Å². The van der Waals surface area contributed by atoms with Crippen molar-refractivity contribution >= 4 is 8.32 Å². The average molecular weight is 271 g/mol. The molecule has 18 heavy (non-hydrogen) atoms. The maximum absolute atomic E-state index is 6.81. The summed E-state index contributed by atoms with van der Waals surface area (Å²) in [5.41, 5.74) is 0. The van der Waals surface area contributed by atoms with E-state index in [4.69, 9.17) is 4.43 Å². The molecule has 0 radical (unpaired) electrons. The van der Waals surface area contributed by atoms with Crippen LogP contribution in [-0.4, -0.2) is 14.4 Å². The highest BCUT2D eigenvalue weighted by atomic mass is 28.4. The normalized spacial score (nSPS) is 29.8. The SMILES string of the molecule is CC[Si](CC)(CC)OC1CC(C)CCC1C(C)C. The van der Waals surface area contributed by atoms with Crippen molar-refractivity contribution in [3.8, 4) is 0 Å². The smallest absolute Gasteiger partial charge is 0.192 e. The van der Waals surface area contributed by atoms with Gasteiger partial charge in [0.1, 0.15) is 0 Å². The van der Waals surface area contributed by atoms with Crippen LogP contribution in [0, 0.1) is 17.8 Å². The van der Waals surface area contributed by atoms with Gasteiger partial charge in [-0.05, 0) is 48.7 Å². The van der Waals surface area contributed by atoms with Crippen LogP contribution < -0.4 is 0 Å². The Morgan fingerprint density at radius 3 is 2.06 bits per heavy atom. The van der Waals surface area contributed by atoms with Gasteiger partial charge < -0.3 is 4.43 Å². The summed E-state index contributed by atoms with van der Waals surface area (Å²) in [4.78, 5) is 0. The Kier molecular flexibility index (Phi) is 6.39. The van der Waals surface area contributed by atoms with Crippen LogP contribution in [0.4, 0.5) is 0 Å². The molecule has 0 spiro atoms. The summed E-state index contributed by atoms with van der Waals surface area (Å²) in [7, 11) is -1.42. The summed E-state index contributed by atoms with van der Waals surface area (Å²) in [6.45, 7) is 14.2. The Morgan fingerprint density at radius 2 is 1.61 bits per heavy atom. The van der Waals surface area contributed by atoms with Gasteiger partial charge in [-0.25, -0.2) is 0 Å². The molecule has 0 heterocycles. The van der Waals surface area contributed by atoms with E-state index in [0.29, 0.717) is 6.10 Å². The Hall–Kier alpha value is 0.177. The first-order valence-electron chi connectivity index (χ1n) is 8.15. The van der Waals surface area contributed by atoms with Crippen molar-refractivity contribution in [2.75, 3.05) is 0 Å². The molecule has 0 amide bonds. The van der Waals surface area contributed by atoms with Crippen LogP contribution in [0.1, 0.15) is 60.8 Å². The minimum absolute atomic E-state index is 0.556. The van der Waals surface area contributed by atoms with E-state index >= 15 is 0 Å². The van der Waals surface area contributed by atoms with E-state index in [1.807, 2.05) is 0 Å². The average Bonchev–Trinajstić information content (AvgIpc) is 2.36. The van der Waals surface area contributed by atoms with Crippen molar-refractivity contribution in [3.63, 3.8) is 0 Å². The van der Waals surface area contributed by atoms with Gasteiger partial charge in [0, 0.05) is 6.10 Å². The highest BCUT2D eigenvalue weighted by molar-refractivity contribution is 6.73. The highest BCUT2D eigenvalue weighted by Crippen LogP contribution is 2.38. The molecular weight excluding hydrogens is 236 g/mol. The first-order valence-corrected chi connectivity index (χ1v) is 10.7. The van der Waals surface area contributed by atoms with Crippen LogP contribution in [0.3, 0.4) is 0 Å². The molecule has 1 saturated carbocycles. The number of hydrogen-bond acceptors (Lipinski definition) is 1. The van der Waals surface area contributed by atoms with Gasteiger partial charge in [-0.2, -0.15) is 0 Å². The number of hydrogen-bond donors (Lipinski definition) is 0. The van der Waals surface area contributed by atoms with Gasteiger partial charge in [-0.3, -0.25) is 0 Å². The molecule has 2 heteroatoms. The minimum Gasteiger partial charge on any atom is -0.414 e. The van der Waals surface area contributed by atoms with E-state index < -0.39 is 8.32 Å². The van der Waals surface area contributed by atoms with Crippen molar-refractivity contribution in [1.82, 2.24) is 0 Å². The summed E-state index contributed by atoms with van der Waals surface area (Å²) in [6.07, 6.45) is 4.64. The predicted octanol–water partition coefficient (Wildman–Crippen LogP) is 5.47. The van der Waals surface area contributed by atoms with Crippen LogP contribution >= 0.6 is 0 Å². The lowest BCUT2D eigenvalue weighted by Crippen LogP contribution is -2.45. The third-order valence-corrected chi connectivity index (χ3v) is 9.96. The Labute approximate surface area is 116 Å². The molecule has 1 aliphatic rings. The van der Waals surface area contributed by atoms with E-state index in [2.05, 4.69) is 41.5 Å². The molecule has 0 N–H and O–H groups in total. The zero-order valence-corrected chi connectivity index (χ0v) is 14.5. The molecule has 1 fully saturated rings. The quantitative estimate of drug-likeness (QED) is 0.582. The summed E-state index contributed by atoms with van der Waals surface area (Å²) in [5.74, 6) is 2.44. The fourth-order valence-corrected chi connectivity index (χ4v) is 6.48. The van der Waals surface area contributed by atoms with Gasteiger partial charge >= 0.3 is 0 Å². The lowest BCUT2D eigenvalue weighted by atomic mass is 9.75. The molecule has 1 aliphatic carbocycles. The second-order valence-electron chi connectivity index (χ2n) is 6.73. The lowest BCUT2D eigenvalue weighted by molar-refractivity contribution is 0.0373. The molecule has 3 unspecified atom stereocenters. The van der Waals surface area contributed by atoms with Crippen LogP contribution in [-0.2, 0) is 4.43 Å². The van der Waals surface area contributed by atoms with Gasteiger partial charge in [0.15, 0.2) is 8.32 Å². The van der Waals surface area contributed by atoms with Crippen LogP contribution in [0.25, 0.3) is 0 Å². The van der Waals surface area contributed by atoms with E-state index in [-0.39, 0.29) is 0 Å². The van der Waals surface area contributed by atoms with Gasteiger partial charge in [-0.15, -0.1) is 0 Å². The monoisotopic (exact) mass is 270 g/mol. The Bertz CT molecular complexity index is 227. The van der Waals surface area contributed by atoms with Gasteiger partial charge in [0.05, 0.1) is 0 Å². The molecule has 0 aliphatic heterocycles. The number of rotatable bonds is 6. The molecule has 1 nitrogen and oxygen atoms in total. The molecular formula is C16H34OSi. The van der Waals surface area contributed by atoms with Crippen molar-refractivity contribution in [1.29, 1.82) is 0 Å². The van der Waals surface area contributed by atoms with Crippen molar-refractivity contribution in [2.45, 2.75) is 85.0 Å². The maximum Gasteiger partial charge on any atom is 0.192 e. The van der Waals surface area contributed by atoms with Gasteiger partial charge in [0.25, 0.3) is 0 Å². The standard InChI is InChI=1S/C16H34OSi/c1-7-18(8-2,9-3)17-16-12-14(6)10-11-15(16)13(4)5/h13-16H,7-12H2,1-6H3. The third kappa shape index (κ3) is 3.83. The second-order valence-corrected chi connectivity index (χ2v) is 11.4. The first-order chi connectivity index (χ1) is 8.48. The fraction of sp³-hybridized carbons (Fsp3) is 1.00. The summed E-state index contributed by atoms with van der Waals surface area (Å²) in [6, 6.07) is 3.86. The summed E-state index contributed by atoms with van der Waals surface area (Å²) >= 11 is 0. The van der Waals surface area contributed by atoms with Crippen molar-refractivity contribution in [2.24, 2.45) is 17.8 Å².